The topological polar surface area (TPSA) is 59.0 Å². The summed E-state index contributed by atoms with van der Waals surface area (Å²) in [4.78, 5) is 4.14. The largest absolute Gasteiger partial charge is 1.00 e. The zero-order valence-corrected chi connectivity index (χ0v) is 14.2. The average Bonchev–Trinajstić information content (AvgIpc) is 2.26. The molecule has 1 rings (SSSR count). The van der Waals surface area contributed by atoms with E-state index in [9.17, 15) is 10.0 Å². The molecule has 0 bridgehead atoms. The molecule has 1 aromatic heterocycles. The van der Waals surface area contributed by atoms with Crippen LogP contribution in [-0.4, -0.2) is 12.1 Å². The summed E-state index contributed by atoms with van der Waals surface area (Å²) in [6.07, 6.45) is 1.71. The molecule has 6 heteroatoms. The second-order valence-electron chi connectivity index (χ2n) is 5.72. The Morgan fingerprint density at radius 1 is 0.850 bits per heavy atom. The second kappa shape index (κ2) is 9.37. The van der Waals surface area contributed by atoms with E-state index in [1.807, 2.05) is 13.8 Å². The van der Waals surface area contributed by atoms with Gasteiger partial charge in [0.2, 0.25) is 0 Å². The summed E-state index contributed by atoms with van der Waals surface area (Å²) >= 11 is 0. The molecule has 0 aromatic carbocycles. The summed E-state index contributed by atoms with van der Waals surface area (Å²) < 4.78 is 0. The molecule has 100 valence electrons. The van der Waals surface area contributed by atoms with Crippen molar-refractivity contribution in [3.63, 3.8) is 0 Å². The van der Waals surface area contributed by atoms with Gasteiger partial charge in [-0.15, -0.1) is 0 Å². The molecule has 0 aliphatic rings. The van der Waals surface area contributed by atoms with Crippen LogP contribution in [0.15, 0.2) is 6.20 Å². The first-order valence-corrected chi connectivity index (χ1v) is 6.61. The van der Waals surface area contributed by atoms with Gasteiger partial charge in [0.15, 0.2) is 0 Å². The van der Waals surface area contributed by atoms with Crippen LogP contribution >= 0.6 is 0 Å². The number of aromatic nitrogens is 1. The van der Waals surface area contributed by atoms with Crippen LogP contribution in [0, 0.1) is 0 Å². The molecule has 0 saturated carbocycles. The Hall–Kier alpha value is 0.330. The minimum Gasteiger partial charge on any atom is -0.888 e. The van der Waals surface area contributed by atoms with E-state index in [-0.39, 0.29) is 49.2 Å². The molecule has 0 saturated heterocycles. The Morgan fingerprint density at radius 2 is 1.30 bits per heavy atom. The molecule has 3 nitrogen and oxygen atoms in total. The van der Waals surface area contributed by atoms with Gasteiger partial charge in [-0.2, -0.15) is 0 Å². The summed E-state index contributed by atoms with van der Waals surface area (Å²) in [6, 6.07) is 0. The van der Waals surface area contributed by atoms with Crippen LogP contribution in [0.1, 0.15) is 76.0 Å². The van der Waals surface area contributed by atoms with Crippen molar-refractivity contribution in [1.29, 1.82) is 0 Å². The SMILES string of the molecule is CC(C)c1cnc(B([O-])[O-])c(C(C)C)c1C(C)C.[Li+].[Li+]. The third kappa shape index (κ3) is 4.96. The molecule has 0 amide bonds. The van der Waals surface area contributed by atoms with E-state index in [0.29, 0.717) is 11.8 Å². The minimum atomic E-state index is -2.00. The fourth-order valence-corrected chi connectivity index (χ4v) is 2.47. The van der Waals surface area contributed by atoms with E-state index in [1.54, 1.807) is 6.20 Å². The predicted octanol–water partition coefficient (Wildman–Crippen LogP) is -5.12. The van der Waals surface area contributed by atoms with Crippen molar-refractivity contribution in [3.8, 4) is 0 Å². The van der Waals surface area contributed by atoms with Gasteiger partial charge < -0.3 is 10.0 Å². The molecule has 0 unspecified atom stereocenters. The maximum atomic E-state index is 11.3. The van der Waals surface area contributed by atoms with Crippen LogP contribution in [0.2, 0.25) is 0 Å². The number of pyridine rings is 1. The molecule has 0 aliphatic heterocycles. The van der Waals surface area contributed by atoms with Crippen LogP contribution < -0.4 is 53.4 Å². The predicted molar refractivity (Wildman–Crippen MR) is 71.9 cm³/mol. The van der Waals surface area contributed by atoms with Crippen LogP contribution in [0.25, 0.3) is 0 Å². The smallest absolute Gasteiger partial charge is 0.888 e. The normalized spacial score (nSPS) is 10.6. The van der Waals surface area contributed by atoms with Gasteiger partial charge in [-0.25, -0.2) is 0 Å². The Labute approximate surface area is 147 Å². The van der Waals surface area contributed by atoms with E-state index >= 15 is 0 Å². The maximum absolute atomic E-state index is 11.3. The van der Waals surface area contributed by atoms with E-state index in [0.717, 1.165) is 16.7 Å². The summed E-state index contributed by atoms with van der Waals surface area (Å²) in [5, 5.41) is 22.6. The summed E-state index contributed by atoms with van der Waals surface area (Å²) in [6.45, 7) is 12.4. The fourth-order valence-electron chi connectivity index (χ4n) is 2.47. The van der Waals surface area contributed by atoms with Crippen molar-refractivity contribution in [1.82, 2.24) is 4.98 Å². The Kier molecular flexibility index (Phi) is 10.6. The van der Waals surface area contributed by atoms with Crippen LogP contribution in [0.4, 0.5) is 0 Å². The van der Waals surface area contributed by atoms with Gasteiger partial charge in [-0.3, -0.25) is 4.98 Å². The number of nitrogens with zero attached hydrogens (tertiary/aromatic N) is 1. The Morgan fingerprint density at radius 3 is 1.60 bits per heavy atom. The van der Waals surface area contributed by atoms with Crippen LogP contribution in [0.3, 0.4) is 0 Å². The average molecular weight is 261 g/mol. The molecule has 0 fully saturated rings. The second-order valence-corrected chi connectivity index (χ2v) is 5.72. The Balaban J connectivity index is 0. The summed E-state index contributed by atoms with van der Waals surface area (Å²) in [7, 11) is -2.00. The number of hydrogen-bond acceptors (Lipinski definition) is 3. The molecule has 0 atom stereocenters. The Bertz CT molecular complexity index is 385. The summed E-state index contributed by atoms with van der Waals surface area (Å²) in [5.41, 5.74) is 3.34. The third-order valence-electron chi connectivity index (χ3n) is 3.22. The molecular formula is C14H22BLi2NO2. The van der Waals surface area contributed by atoms with E-state index in [2.05, 4.69) is 32.7 Å². The van der Waals surface area contributed by atoms with Crippen molar-refractivity contribution in [3.05, 3.63) is 22.9 Å². The monoisotopic (exact) mass is 261 g/mol. The zero-order chi connectivity index (χ0) is 14.0. The van der Waals surface area contributed by atoms with Gasteiger partial charge in [0, 0.05) is 6.20 Å². The van der Waals surface area contributed by atoms with Gasteiger partial charge in [0.05, 0.1) is 0 Å². The van der Waals surface area contributed by atoms with E-state index < -0.39 is 7.12 Å². The first-order valence-electron chi connectivity index (χ1n) is 6.61. The molecule has 1 heterocycles. The van der Waals surface area contributed by atoms with Gasteiger partial charge in [-0.1, -0.05) is 41.5 Å². The fraction of sp³-hybridized carbons (Fsp3) is 0.643. The van der Waals surface area contributed by atoms with Gasteiger partial charge >= 0.3 is 37.7 Å². The first kappa shape index (κ1) is 22.6. The zero-order valence-electron chi connectivity index (χ0n) is 14.2. The number of hydrogen-bond donors (Lipinski definition) is 0. The minimum absolute atomic E-state index is 0. The van der Waals surface area contributed by atoms with Crippen molar-refractivity contribution >= 4 is 12.7 Å². The first-order chi connectivity index (χ1) is 8.27. The van der Waals surface area contributed by atoms with Gasteiger partial charge in [0.25, 0.3) is 0 Å². The number of rotatable bonds is 4. The maximum Gasteiger partial charge on any atom is 1.00 e. The van der Waals surface area contributed by atoms with Gasteiger partial charge in [0.1, 0.15) is 0 Å². The molecule has 0 spiro atoms. The quantitative estimate of drug-likeness (QED) is 0.509. The molecule has 0 aliphatic carbocycles. The van der Waals surface area contributed by atoms with Crippen LogP contribution in [-0.2, 0) is 0 Å². The molecular weight excluding hydrogens is 239 g/mol. The third-order valence-corrected chi connectivity index (χ3v) is 3.22. The molecule has 0 N–H and O–H groups in total. The van der Waals surface area contributed by atoms with Crippen molar-refractivity contribution in [2.75, 3.05) is 0 Å². The van der Waals surface area contributed by atoms with E-state index in [4.69, 9.17) is 0 Å². The standard InChI is InChI=1S/C14H22BNO2.2Li/c1-8(2)11-7-16-14(15(17)18)13(10(5)6)12(11)9(3)4;;/h7-10H,1-6H3;;/q-2;2*+1. The summed E-state index contributed by atoms with van der Waals surface area (Å²) in [5.74, 6) is 0.785. The van der Waals surface area contributed by atoms with E-state index in [1.165, 1.54) is 0 Å². The van der Waals surface area contributed by atoms with Crippen molar-refractivity contribution < 1.29 is 47.8 Å². The van der Waals surface area contributed by atoms with Crippen molar-refractivity contribution in [2.45, 2.75) is 59.3 Å². The van der Waals surface area contributed by atoms with Crippen molar-refractivity contribution in [2.24, 2.45) is 0 Å². The molecule has 0 radical (unpaired) electrons. The van der Waals surface area contributed by atoms with Gasteiger partial charge in [-0.05, 0) is 47.2 Å². The van der Waals surface area contributed by atoms with Crippen LogP contribution in [0.5, 0.6) is 0 Å². The molecule has 20 heavy (non-hydrogen) atoms. The molecule has 1 aromatic rings.